The van der Waals surface area contributed by atoms with Gasteiger partial charge in [-0.1, -0.05) is 31.0 Å². The molecule has 1 aliphatic rings. The quantitative estimate of drug-likeness (QED) is 0.193. The molecule has 2 aromatic heterocycles. The molecule has 1 aliphatic heterocycles. The Morgan fingerprint density at radius 3 is 2.63 bits per heavy atom. The maximum atomic E-state index is 12.7. The minimum atomic E-state index is -0.501. The summed E-state index contributed by atoms with van der Waals surface area (Å²) >= 11 is 1.62. The molecule has 0 aliphatic carbocycles. The molecule has 0 bridgehead atoms. The van der Waals surface area contributed by atoms with Crippen molar-refractivity contribution in [3.8, 4) is 22.6 Å². The van der Waals surface area contributed by atoms with Crippen molar-refractivity contribution in [3.05, 3.63) is 76.8 Å². The van der Waals surface area contributed by atoms with E-state index >= 15 is 0 Å². The lowest BCUT2D eigenvalue weighted by atomic mass is 10.0. The summed E-state index contributed by atoms with van der Waals surface area (Å²) in [6, 6.07) is 15.8. The minimum absolute atomic E-state index is 0.0735. The Labute approximate surface area is 256 Å². The lowest BCUT2D eigenvalue weighted by Gasteiger charge is -2.33. The van der Waals surface area contributed by atoms with Crippen LogP contribution in [0.25, 0.3) is 22.0 Å². The SMILES string of the molecule is CCSNc1ccc(Oc2cccc(COC3CCN(C(=O)OC(C)(C)C)CC3)c2)c(-c2cn(C)c(=O)c3[nH]ccc23)c1. The fraction of sp³-hybridized carbons (Fsp3) is 0.394. The number of H-pyrrole nitrogens is 1. The number of carbonyl (C=O) groups is 1. The van der Waals surface area contributed by atoms with Gasteiger partial charge in [-0.15, -0.1) is 0 Å². The van der Waals surface area contributed by atoms with E-state index in [9.17, 15) is 9.59 Å². The van der Waals surface area contributed by atoms with Crippen LogP contribution < -0.4 is 15.0 Å². The summed E-state index contributed by atoms with van der Waals surface area (Å²) < 4.78 is 23.2. The molecule has 0 unspecified atom stereocenters. The third kappa shape index (κ3) is 7.55. The zero-order chi connectivity index (χ0) is 30.6. The van der Waals surface area contributed by atoms with Gasteiger partial charge in [0.15, 0.2) is 0 Å². The van der Waals surface area contributed by atoms with Gasteiger partial charge in [0.05, 0.1) is 12.7 Å². The van der Waals surface area contributed by atoms with Gasteiger partial charge >= 0.3 is 6.09 Å². The van der Waals surface area contributed by atoms with Crippen molar-refractivity contribution < 1.29 is 19.0 Å². The largest absolute Gasteiger partial charge is 0.457 e. The average Bonchev–Trinajstić information content (AvgIpc) is 3.48. The van der Waals surface area contributed by atoms with Crippen LogP contribution in [0.2, 0.25) is 0 Å². The molecule has 43 heavy (non-hydrogen) atoms. The van der Waals surface area contributed by atoms with Gasteiger partial charge in [-0.05, 0) is 75.6 Å². The van der Waals surface area contributed by atoms with Crippen LogP contribution in [0.5, 0.6) is 11.5 Å². The Morgan fingerprint density at radius 1 is 1.09 bits per heavy atom. The number of carbonyl (C=O) groups excluding carboxylic acids is 1. The predicted octanol–water partition coefficient (Wildman–Crippen LogP) is 7.32. The number of pyridine rings is 1. The average molecular weight is 605 g/mol. The highest BCUT2D eigenvalue weighted by Crippen LogP contribution is 2.39. The number of rotatable bonds is 9. The fourth-order valence-corrected chi connectivity index (χ4v) is 5.54. The summed E-state index contributed by atoms with van der Waals surface area (Å²) in [6.45, 7) is 9.41. The van der Waals surface area contributed by atoms with Crippen molar-refractivity contribution in [3.63, 3.8) is 0 Å². The highest BCUT2D eigenvalue weighted by molar-refractivity contribution is 8.00. The third-order valence-corrected chi connectivity index (χ3v) is 7.87. The Bertz CT molecular complexity index is 1630. The molecule has 9 nitrogen and oxygen atoms in total. The second kappa shape index (κ2) is 13.2. The summed E-state index contributed by atoms with van der Waals surface area (Å²) in [5.41, 5.74) is 3.71. The molecule has 0 saturated carbocycles. The summed E-state index contributed by atoms with van der Waals surface area (Å²) in [6.07, 6.45) is 4.99. The second-order valence-electron chi connectivity index (χ2n) is 11.7. The van der Waals surface area contributed by atoms with E-state index in [4.69, 9.17) is 14.2 Å². The molecule has 1 amide bonds. The Kier molecular flexibility index (Phi) is 9.37. The van der Waals surface area contributed by atoms with Gasteiger partial charge in [-0.25, -0.2) is 4.79 Å². The molecule has 10 heteroatoms. The number of ether oxygens (including phenoxy) is 3. The molecule has 2 N–H and O–H groups in total. The van der Waals surface area contributed by atoms with Gasteiger partial charge in [-0.2, -0.15) is 0 Å². The molecule has 1 saturated heterocycles. The van der Waals surface area contributed by atoms with Crippen molar-refractivity contribution in [2.24, 2.45) is 7.05 Å². The third-order valence-electron chi connectivity index (χ3n) is 7.20. The van der Waals surface area contributed by atoms with Crippen LogP contribution in [-0.2, 0) is 23.1 Å². The van der Waals surface area contributed by atoms with Crippen molar-refractivity contribution in [2.45, 2.75) is 58.8 Å². The number of benzene rings is 2. The number of nitrogens with one attached hydrogen (secondary N) is 2. The van der Waals surface area contributed by atoms with Crippen molar-refractivity contribution in [1.29, 1.82) is 0 Å². The zero-order valence-corrected chi connectivity index (χ0v) is 26.3. The van der Waals surface area contributed by atoms with Gasteiger partial charge in [0.1, 0.15) is 22.6 Å². The number of aryl methyl sites for hydroxylation is 1. The maximum absolute atomic E-state index is 12.7. The van der Waals surface area contributed by atoms with Crippen molar-refractivity contribution in [1.82, 2.24) is 14.5 Å². The van der Waals surface area contributed by atoms with Crippen LogP contribution in [0.1, 0.15) is 46.1 Å². The maximum Gasteiger partial charge on any atom is 0.410 e. The molecule has 4 aromatic rings. The van der Waals surface area contributed by atoms with Crippen LogP contribution in [-0.4, -0.2) is 51.1 Å². The molecule has 0 spiro atoms. The molecule has 228 valence electrons. The first-order chi connectivity index (χ1) is 20.6. The molecular formula is C33H40N4O5S. The molecule has 5 rings (SSSR count). The highest BCUT2D eigenvalue weighted by atomic mass is 32.2. The number of fused-ring (bicyclic) bond motifs is 1. The molecule has 1 fully saturated rings. The van der Waals surface area contributed by atoms with Gasteiger partial charge in [0.2, 0.25) is 0 Å². The summed E-state index contributed by atoms with van der Waals surface area (Å²) in [5, 5.41) is 0.841. The smallest absolute Gasteiger partial charge is 0.410 e. The molecule has 0 radical (unpaired) electrons. The lowest BCUT2D eigenvalue weighted by Crippen LogP contribution is -2.43. The normalized spacial score (nSPS) is 14.2. The first kappa shape index (κ1) is 30.6. The lowest BCUT2D eigenvalue weighted by molar-refractivity contribution is -0.0170. The van der Waals surface area contributed by atoms with E-state index in [2.05, 4.69) is 22.7 Å². The standard InChI is InChI=1S/C33H40N4O5S/c1-6-43-35-23-10-11-29(27(19-23)28-20-36(5)31(38)30-26(28)12-15-34-30)41-25-9-7-8-22(18-25)21-40-24-13-16-37(17-14-24)32(39)42-33(2,3)4/h7-12,15,18-20,24,34-35H,6,13-14,16-17,21H2,1-5H3. The second-order valence-corrected chi connectivity index (χ2v) is 12.8. The Morgan fingerprint density at radius 2 is 1.88 bits per heavy atom. The molecular weight excluding hydrogens is 564 g/mol. The fourth-order valence-electron chi connectivity index (χ4n) is 5.10. The van der Waals surface area contributed by atoms with E-state index in [1.54, 1.807) is 34.7 Å². The number of likely N-dealkylation sites (tertiary alicyclic amines) is 1. The van der Waals surface area contributed by atoms with E-state index in [1.807, 2.05) is 69.4 Å². The van der Waals surface area contributed by atoms with E-state index in [-0.39, 0.29) is 17.8 Å². The summed E-state index contributed by atoms with van der Waals surface area (Å²) in [4.78, 5) is 29.9. The number of nitrogens with zero attached hydrogens (tertiary/aromatic N) is 2. The number of aromatic nitrogens is 2. The minimum Gasteiger partial charge on any atom is -0.457 e. The number of aromatic amines is 1. The Hall–Kier alpha value is -3.89. The first-order valence-electron chi connectivity index (χ1n) is 14.7. The van der Waals surface area contributed by atoms with Crippen LogP contribution >= 0.6 is 11.9 Å². The van der Waals surface area contributed by atoms with Crippen molar-refractivity contribution >= 4 is 34.6 Å². The Balaban J connectivity index is 1.30. The van der Waals surface area contributed by atoms with E-state index < -0.39 is 5.60 Å². The van der Waals surface area contributed by atoms with Gasteiger partial charge in [-0.3, -0.25) is 4.79 Å². The number of hydrogen-bond acceptors (Lipinski definition) is 7. The van der Waals surface area contributed by atoms with Crippen LogP contribution in [0.3, 0.4) is 0 Å². The molecule has 2 aromatic carbocycles. The van der Waals surface area contributed by atoms with Gasteiger partial charge < -0.3 is 33.4 Å². The predicted molar refractivity (Wildman–Crippen MR) is 173 cm³/mol. The topological polar surface area (TPSA) is 97.8 Å². The first-order valence-corrected chi connectivity index (χ1v) is 15.6. The number of amides is 1. The molecule has 0 atom stereocenters. The van der Waals surface area contributed by atoms with Gasteiger partial charge in [0, 0.05) is 60.5 Å². The molecule has 3 heterocycles. The van der Waals surface area contributed by atoms with Gasteiger partial charge in [0.25, 0.3) is 5.56 Å². The van der Waals surface area contributed by atoms with Crippen molar-refractivity contribution in [2.75, 3.05) is 23.6 Å². The van der Waals surface area contributed by atoms with E-state index in [0.29, 0.717) is 36.7 Å². The van der Waals surface area contributed by atoms with E-state index in [1.165, 1.54) is 0 Å². The van der Waals surface area contributed by atoms with Crippen LogP contribution in [0.15, 0.2) is 65.7 Å². The van der Waals surface area contributed by atoms with E-state index in [0.717, 1.165) is 46.4 Å². The highest BCUT2D eigenvalue weighted by Gasteiger charge is 2.27. The van der Waals surface area contributed by atoms with Crippen LogP contribution in [0.4, 0.5) is 10.5 Å². The number of piperidine rings is 1. The zero-order valence-electron chi connectivity index (χ0n) is 25.4. The number of anilines is 1. The van der Waals surface area contributed by atoms with Crippen LogP contribution in [0, 0.1) is 0 Å². The number of hydrogen-bond donors (Lipinski definition) is 2. The summed E-state index contributed by atoms with van der Waals surface area (Å²) in [5.74, 6) is 2.30. The summed E-state index contributed by atoms with van der Waals surface area (Å²) in [7, 11) is 1.76. The monoisotopic (exact) mass is 604 g/mol.